The van der Waals surface area contributed by atoms with Gasteiger partial charge in [-0.1, -0.05) is 6.07 Å². The molecule has 0 spiro atoms. The van der Waals surface area contributed by atoms with Gasteiger partial charge in [-0.2, -0.15) is 5.26 Å². The maximum atomic E-state index is 11.6. The number of ether oxygens (including phenoxy) is 1. The molecule has 0 aliphatic carbocycles. The Bertz CT molecular complexity index is 690. The first-order valence-electron chi connectivity index (χ1n) is 6.86. The minimum atomic E-state index is -0.488. The van der Waals surface area contributed by atoms with Gasteiger partial charge < -0.3 is 15.0 Å². The predicted molar refractivity (Wildman–Crippen MR) is 81.0 cm³/mol. The molecule has 1 amide bonds. The second kappa shape index (κ2) is 5.88. The van der Waals surface area contributed by atoms with Crippen LogP contribution in [-0.2, 0) is 11.2 Å². The molecule has 2 N–H and O–H groups in total. The van der Waals surface area contributed by atoms with Gasteiger partial charge in [0, 0.05) is 23.6 Å². The van der Waals surface area contributed by atoms with E-state index in [1.807, 2.05) is 39.1 Å². The summed E-state index contributed by atoms with van der Waals surface area (Å²) in [5, 5.41) is 12.7. The minimum Gasteiger partial charge on any atom is -0.444 e. The summed E-state index contributed by atoms with van der Waals surface area (Å²) >= 11 is 0. The van der Waals surface area contributed by atoms with Crippen LogP contribution in [0.1, 0.15) is 31.9 Å². The monoisotopic (exact) mass is 285 g/mol. The maximum absolute atomic E-state index is 11.6. The summed E-state index contributed by atoms with van der Waals surface area (Å²) in [6, 6.07) is 7.65. The SMILES string of the molecule is CC(C)(C)OC(=O)NCCc1c[nH]c2cc(C#N)ccc12. The van der Waals surface area contributed by atoms with Gasteiger partial charge in [-0.15, -0.1) is 0 Å². The highest BCUT2D eigenvalue weighted by Gasteiger charge is 2.15. The van der Waals surface area contributed by atoms with E-state index in [1.165, 1.54) is 0 Å². The zero-order chi connectivity index (χ0) is 15.5. The molecule has 0 radical (unpaired) electrons. The molecule has 1 aromatic carbocycles. The molecule has 0 unspecified atom stereocenters. The van der Waals surface area contributed by atoms with Gasteiger partial charge in [0.15, 0.2) is 0 Å². The van der Waals surface area contributed by atoms with E-state index in [1.54, 1.807) is 6.07 Å². The van der Waals surface area contributed by atoms with Crippen LogP contribution in [0.2, 0.25) is 0 Å². The third-order valence-corrected chi connectivity index (χ3v) is 2.96. The van der Waals surface area contributed by atoms with Crippen LogP contribution >= 0.6 is 0 Å². The van der Waals surface area contributed by atoms with Gasteiger partial charge in [0.25, 0.3) is 0 Å². The number of carbonyl (C=O) groups is 1. The lowest BCUT2D eigenvalue weighted by molar-refractivity contribution is 0.0528. The molecule has 21 heavy (non-hydrogen) atoms. The summed E-state index contributed by atoms with van der Waals surface area (Å²) < 4.78 is 5.18. The van der Waals surface area contributed by atoms with Crippen molar-refractivity contribution in [3.05, 3.63) is 35.5 Å². The van der Waals surface area contributed by atoms with Crippen molar-refractivity contribution in [1.82, 2.24) is 10.3 Å². The lowest BCUT2D eigenvalue weighted by Crippen LogP contribution is -2.33. The maximum Gasteiger partial charge on any atom is 0.407 e. The standard InChI is InChI=1S/C16H19N3O2/c1-16(2,3)21-15(20)18-7-6-12-10-19-14-8-11(9-17)4-5-13(12)14/h4-5,8,10,19H,6-7H2,1-3H3,(H,18,20). The fraction of sp³-hybridized carbons (Fsp3) is 0.375. The smallest absolute Gasteiger partial charge is 0.407 e. The zero-order valence-corrected chi connectivity index (χ0v) is 12.5. The van der Waals surface area contributed by atoms with Crippen molar-refractivity contribution in [2.24, 2.45) is 0 Å². The Labute approximate surface area is 123 Å². The summed E-state index contributed by atoms with van der Waals surface area (Å²) in [6.45, 7) is 6.00. The van der Waals surface area contributed by atoms with E-state index in [2.05, 4.69) is 16.4 Å². The van der Waals surface area contributed by atoms with Crippen LogP contribution in [-0.4, -0.2) is 23.2 Å². The van der Waals surface area contributed by atoms with E-state index in [0.717, 1.165) is 16.5 Å². The van der Waals surface area contributed by atoms with Gasteiger partial charge in [-0.05, 0) is 44.9 Å². The molecular weight excluding hydrogens is 266 g/mol. The first kappa shape index (κ1) is 14.9. The second-order valence-corrected chi connectivity index (χ2v) is 5.86. The molecule has 0 bridgehead atoms. The van der Waals surface area contributed by atoms with Crippen molar-refractivity contribution >= 4 is 17.0 Å². The molecule has 0 saturated carbocycles. The van der Waals surface area contributed by atoms with Crippen LogP contribution in [0.4, 0.5) is 4.79 Å². The Morgan fingerprint density at radius 3 is 2.86 bits per heavy atom. The third-order valence-electron chi connectivity index (χ3n) is 2.96. The highest BCUT2D eigenvalue weighted by molar-refractivity contribution is 5.84. The molecule has 110 valence electrons. The average Bonchev–Trinajstić information content (AvgIpc) is 2.79. The second-order valence-electron chi connectivity index (χ2n) is 5.86. The number of hydrogen-bond acceptors (Lipinski definition) is 3. The van der Waals surface area contributed by atoms with E-state index in [0.29, 0.717) is 18.5 Å². The molecule has 0 aliphatic rings. The molecular formula is C16H19N3O2. The molecule has 1 aromatic heterocycles. The van der Waals surface area contributed by atoms with Gasteiger partial charge in [-0.25, -0.2) is 4.79 Å². The van der Waals surface area contributed by atoms with Gasteiger partial charge in [0.1, 0.15) is 5.60 Å². The number of amides is 1. The van der Waals surface area contributed by atoms with Crippen molar-refractivity contribution in [3.8, 4) is 6.07 Å². The topological polar surface area (TPSA) is 77.9 Å². The summed E-state index contributed by atoms with van der Waals surface area (Å²) in [5.41, 5.74) is 2.17. The van der Waals surface area contributed by atoms with Crippen LogP contribution < -0.4 is 5.32 Å². The first-order chi connectivity index (χ1) is 9.89. The molecule has 0 aliphatic heterocycles. The quantitative estimate of drug-likeness (QED) is 0.909. The van der Waals surface area contributed by atoms with Crippen LogP contribution in [0.3, 0.4) is 0 Å². The van der Waals surface area contributed by atoms with Gasteiger partial charge in [0.05, 0.1) is 11.6 Å². The number of aromatic amines is 1. The van der Waals surface area contributed by atoms with Crippen LogP contribution in [0.15, 0.2) is 24.4 Å². The Morgan fingerprint density at radius 2 is 2.19 bits per heavy atom. The number of nitriles is 1. The van der Waals surface area contributed by atoms with Crippen LogP contribution in [0.25, 0.3) is 10.9 Å². The normalized spacial score (nSPS) is 11.1. The molecule has 5 nitrogen and oxygen atoms in total. The van der Waals surface area contributed by atoms with E-state index < -0.39 is 11.7 Å². The number of H-pyrrole nitrogens is 1. The number of rotatable bonds is 3. The first-order valence-corrected chi connectivity index (χ1v) is 6.86. The minimum absolute atomic E-state index is 0.408. The summed E-state index contributed by atoms with van der Waals surface area (Å²) in [7, 11) is 0. The number of fused-ring (bicyclic) bond motifs is 1. The van der Waals surface area contributed by atoms with Crippen molar-refractivity contribution in [2.75, 3.05) is 6.54 Å². The van der Waals surface area contributed by atoms with Crippen molar-refractivity contribution in [1.29, 1.82) is 5.26 Å². The average molecular weight is 285 g/mol. The number of nitrogens with one attached hydrogen (secondary N) is 2. The predicted octanol–water partition coefficient (Wildman–Crippen LogP) is 3.11. The summed E-state index contributed by atoms with van der Waals surface area (Å²) in [6.07, 6.45) is 2.20. The van der Waals surface area contributed by atoms with E-state index in [4.69, 9.17) is 10.00 Å². The molecule has 0 atom stereocenters. The van der Waals surface area contributed by atoms with Crippen molar-refractivity contribution in [2.45, 2.75) is 32.8 Å². The summed E-state index contributed by atoms with van der Waals surface area (Å²) in [5.74, 6) is 0. The molecule has 0 fully saturated rings. The number of benzene rings is 1. The summed E-state index contributed by atoms with van der Waals surface area (Å²) in [4.78, 5) is 14.7. The number of hydrogen-bond donors (Lipinski definition) is 2. The highest BCUT2D eigenvalue weighted by atomic mass is 16.6. The Hall–Kier alpha value is -2.48. The Balaban J connectivity index is 1.95. The largest absolute Gasteiger partial charge is 0.444 e. The van der Waals surface area contributed by atoms with Gasteiger partial charge in [0.2, 0.25) is 0 Å². The molecule has 0 saturated heterocycles. The van der Waals surface area contributed by atoms with Gasteiger partial charge in [-0.3, -0.25) is 0 Å². The molecule has 1 heterocycles. The Kier molecular flexibility index (Phi) is 4.18. The van der Waals surface area contributed by atoms with Crippen molar-refractivity contribution < 1.29 is 9.53 Å². The number of nitrogens with zero attached hydrogens (tertiary/aromatic N) is 1. The van der Waals surface area contributed by atoms with Crippen molar-refractivity contribution in [3.63, 3.8) is 0 Å². The lowest BCUT2D eigenvalue weighted by Gasteiger charge is -2.19. The zero-order valence-electron chi connectivity index (χ0n) is 12.5. The van der Waals surface area contributed by atoms with E-state index >= 15 is 0 Å². The third kappa shape index (κ3) is 3.99. The van der Waals surface area contributed by atoms with Gasteiger partial charge >= 0.3 is 6.09 Å². The lowest BCUT2D eigenvalue weighted by atomic mass is 10.1. The molecule has 5 heteroatoms. The molecule has 2 rings (SSSR count). The molecule has 2 aromatic rings. The highest BCUT2D eigenvalue weighted by Crippen LogP contribution is 2.19. The number of alkyl carbamates (subject to hydrolysis) is 1. The fourth-order valence-corrected chi connectivity index (χ4v) is 2.08. The fourth-order valence-electron chi connectivity index (χ4n) is 2.08. The number of aromatic nitrogens is 1. The van der Waals surface area contributed by atoms with Crippen LogP contribution in [0.5, 0.6) is 0 Å². The number of carbonyl (C=O) groups excluding carboxylic acids is 1. The van der Waals surface area contributed by atoms with E-state index in [-0.39, 0.29) is 0 Å². The van der Waals surface area contributed by atoms with E-state index in [9.17, 15) is 4.79 Å². The Morgan fingerprint density at radius 1 is 1.43 bits per heavy atom. The van der Waals surface area contributed by atoms with Crippen LogP contribution in [0, 0.1) is 11.3 Å².